The van der Waals surface area contributed by atoms with Crippen molar-refractivity contribution in [3.63, 3.8) is 0 Å². The van der Waals surface area contributed by atoms with E-state index in [1.165, 1.54) is 16.0 Å². The molecule has 0 saturated carbocycles. The van der Waals surface area contributed by atoms with E-state index in [0.29, 0.717) is 11.8 Å². The maximum Gasteiger partial charge on any atom is 0.115 e. The van der Waals surface area contributed by atoms with E-state index in [4.69, 9.17) is 0 Å². The van der Waals surface area contributed by atoms with E-state index in [0.717, 1.165) is 12.2 Å². The lowest BCUT2D eigenvalue weighted by atomic mass is 10.1. The van der Waals surface area contributed by atoms with Crippen molar-refractivity contribution < 1.29 is 5.11 Å². The number of nitrogens with one attached hydrogen (secondary N) is 1. The van der Waals surface area contributed by atoms with Crippen LogP contribution in [0.15, 0.2) is 53.4 Å². The molecule has 1 atom stereocenters. The van der Waals surface area contributed by atoms with Gasteiger partial charge in [0.25, 0.3) is 0 Å². The van der Waals surface area contributed by atoms with Crippen molar-refractivity contribution in [1.29, 1.82) is 0 Å². The number of aromatic hydroxyl groups is 1. The van der Waals surface area contributed by atoms with E-state index in [1.807, 2.05) is 30.9 Å². The largest absolute Gasteiger partial charge is 0.508 e. The van der Waals surface area contributed by atoms with Gasteiger partial charge in [0.05, 0.1) is 0 Å². The van der Waals surface area contributed by atoms with Crippen LogP contribution >= 0.6 is 11.8 Å². The standard InChI is InChI=1S/C17H21NOS/c1-13-4-3-5-17(10-13)20-12-15(18-2)11-14-6-8-16(19)9-7-14/h3-10,15,18-19H,11-12H2,1-2H3. The van der Waals surface area contributed by atoms with Crippen LogP contribution in [-0.2, 0) is 6.42 Å². The summed E-state index contributed by atoms with van der Waals surface area (Å²) in [5.41, 5.74) is 2.54. The predicted molar refractivity (Wildman–Crippen MR) is 86.6 cm³/mol. The van der Waals surface area contributed by atoms with E-state index < -0.39 is 0 Å². The lowest BCUT2D eigenvalue weighted by Gasteiger charge is -2.16. The molecular weight excluding hydrogens is 266 g/mol. The monoisotopic (exact) mass is 287 g/mol. The molecule has 106 valence electrons. The third-order valence-electron chi connectivity index (χ3n) is 3.27. The molecule has 0 saturated heterocycles. The summed E-state index contributed by atoms with van der Waals surface area (Å²) in [4.78, 5) is 1.32. The third-order valence-corrected chi connectivity index (χ3v) is 4.42. The Labute approximate surface area is 125 Å². The van der Waals surface area contributed by atoms with Crippen LogP contribution in [-0.4, -0.2) is 23.9 Å². The van der Waals surface area contributed by atoms with Crippen molar-refractivity contribution in [2.45, 2.75) is 24.3 Å². The average Bonchev–Trinajstić information content (AvgIpc) is 2.45. The van der Waals surface area contributed by atoms with Crippen molar-refractivity contribution in [3.05, 3.63) is 59.7 Å². The molecule has 0 aromatic heterocycles. The molecule has 0 aliphatic carbocycles. The number of rotatable bonds is 6. The van der Waals surface area contributed by atoms with Gasteiger partial charge in [-0.25, -0.2) is 0 Å². The smallest absolute Gasteiger partial charge is 0.115 e. The quantitative estimate of drug-likeness (QED) is 0.796. The molecule has 0 aliphatic heterocycles. The van der Waals surface area contributed by atoms with Gasteiger partial charge in [0.1, 0.15) is 5.75 Å². The first-order valence-corrected chi connectivity index (χ1v) is 7.80. The fraction of sp³-hybridized carbons (Fsp3) is 0.294. The number of hydrogen-bond donors (Lipinski definition) is 2. The molecule has 0 heterocycles. The minimum absolute atomic E-state index is 0.323. The molecule has 2 rings (SSSR count). The summed E-state index contributed by atoms with van der Waals surface area (Å²) in [7, 11) is 2.00. The van der Waals surface area contributed by atoms with Gasteiger partial charge in [0.2, 0.25) is 0 Å². The van der Waals surface area contributed by atoms with E-state index in [2.05, 4.69) is 36.5 Å². The Morgan fingerprint density at radius 1 is 1.15 bits per heavy atom. The molecule has 0 aliphatic rings. The first-order valence-electron chi connectivity index (χ1n) is 6.82. The summed E-state index contributed by atoms with van der Waals surface area (Å²) < 4.78 is 0. The molecule has 2 aromatic carbocycles. The van der Waals surface area contributed by atoms with Gasteiger partial charge in [-0.1, -0.05) is 29.8 Å². The van der Waals surface area contributed by atoms with Gasteiger partial charge in [0.15, 0.2) is 0 Å². The molecule has 0 spiro atoms. The maximum atomic E-state index is 9.31. The van der Waals surface area contributed by atoms with E-state index in [9.17, 15) is 5.11 Å². The molecular formula is C17H21NOS. The van der Waals surface area contributed by atoms with Crippen LogP contribution in [0.2, 0.25) is 0 Å². The second kappa shape index (κ2) is 7.36. The average molecular weight is 287 g/mol. The maximum absolute atomic E-state index is 9.31. The molecule has 2 aromatic rings. The van der Waals surface area contributed by atoms with Gasteiger partial charge < -0.3 is 10.4 Å². The number of phenols is 1. The second-order valence-electron chi connectivity index (χ2n) is 4.98. The molecule has 0 amide bonds. The molecule has 3 heteroatoms. The Morgan fingerprint density at radius 3 is 2.55 bits per heavy atom. The number of aryl methyl sites for hydroxylation is 1. The van der Waals surface area contributed by atoms with Gasteiger partial charge in [-0.15, -0.1) is 11.8 Å². The minimum atomic E-state index is 0.323. The van der Waals surface area contributed by atoms with Crippen LogP contribution in [0.1, 0.15) is 11.1 Å². The van der Waals surface area contributed by atoms with Gasteiger partial charge >= 0.3 is 0 Å². The Kier molecular flexibility index (Phi) is 5.50. The Morgan fingerprint density at radius 2 is 1.90 bits per heavy atom. The summed E-state index contributed by atoms with van der Waals surface area (Å²) in [5.74, 6) is 1.35. The summed E-state index contributed by atoms with van der Waals surface area (Å²) in [5, 5.41) is 12.7. The molecule has 20 heavy (non-hydrogen) atoms. The number of benzene rings is 2. The van der Waals surface area contributed by atoms with Crippen LogP contribution in [0.3, 0.4) is 0 Å². The summed E-state index contributed by atoms with van der Waals surface area (Å²) in [6.07, 6.45) is 0.968. The number of hydrogen-bond acceptors (Lipinski definition) is 3. The fourth-order valence-corrected chi connectivity index (χ4v) is 3.18. The van der Waals surface area contributed by atoms with Crippen molar-refractivity contribution in [1.82, 2.24) is 5.32 Å². The highest BCUT2D eigenvalue weighted by atomic mass is 32.2. The molecule has 0 fully saturated rings. The summed E-state index contributed by atoms with van der Waals surface area (Å²) in [6, 6.07) is 16.5. The predicted octanol–water partition coefficient (Wildman–Crippen LogP) is 3.62. The molecule has 2 nitrogen and oxygen atoms in total. The third kappa shape index (κ3) is 4.58. The minimum Gasteiger partial charge on any atom is -0.508 e. The molecule has 1 unspecified atom stereocenters. The van der Waals surface area contributed by atoms with E-state index >= 15 is 0 Å². The molecule has 0 radical (unpaired) electrons. The van der Waals surface area contributed by atoms with Crippen LogP contribution in [0.4, 0.5) is 0 Å². The van der Waals surface area contributed by atoms with Gasteiger partial charge in [-0.3, -0.25) is 0 Å². The van der Waals surface area contributed by atoms with Crippen LogP contribution in [0, 0.1) is 6.92 Å². The van der Waals surface area contributed by atoms with Crippen LogP contribution in [0.25, 0.3) is 0 Å². The lowest BCUT2D eigenvalue weighted by molar-refractivity contribution is 0.475. The summed E-state index contributed by atoms with van der Waals surface area (Å²) >= 11 is 1.88. The topological polar surface area (TPSA) is 32.3 Å². The fourth-order valence-electron chi connectivity index (χ4n) is 2.06. The van der Waals surface area contributed by atoms with Crippen LogP contribution in [0.5, 0.6) is 5.75 Å². The van der Waals surface area contributed by atoms with Gasteiger partial charge in [-0.05, 0) is 50.2 Å². The number of likely N-dealkylation sites (N-methyl/N-ethyl adjacent to an activating group) is 1. The van der Waals surface area contributed by atoms with Crippen molar-refractivity contribution in [3.8, 4) is 5.75 Å². The lowest BCUT2D eigenvalue weighted by Crippen LogP contribution is -2.30. The summed E-state index contributed by atoms with van der Waals surface area (Å²) in [6.45, 7) is 2.12. The zero-order valence-corrected chi connectivity index (χ0v) is 12.8. The van der Waals surface area contributed by atoms with Gasteiger partial charge in [0, 0.05) is 16.7 Å². The Balaban J connectivity index is 1.90. The molecule has 2 N–H and O–H groups in total. The molecule has 0 bridgehead atoms. The first kappa shape index (κ1) is 14.9. The van der Waals surface area contributed by atoms with Crippen LogP contribution < -0.4 is 5.32 Å². The number of phenolic OH excluding ortho intramolecular Hbond substituents is 1. The highest BCUT2D eigenvalue weighted by Crippen LogP contribution is 2.21. The highest BCUT2D eigenvalue weighted by molar-refractivity contribution is 7.99. The van der Waals surface area contributed by atoms with Gasteiger partial charge in [-0.2, -0.15) is 0 Å². The second-order valence-corrected chi connectivity index (χ2v) is 6.08. The zero-order valence-electron chi connectivity index (χ0n) is 12.0. The van der Waals surface area contributed by atoms with Crippen molar-refractivity contribution >= 4 is 11.8 Å². The van der Waals surface area contributed by atoms with E-state index in [-0.39, 0.29) is 0 Å². The van der Waals surface area contributed by atoms with Crippen molar-refractivity contribution in [2.24, 2.45) is 0 Å². The van der Waals surface area contributed by atoms with E-state index in [1.54, 1.807) is 12.1 Å². The Bertz CT molecular complexity index is 539. The number of thioether (sulfide) groups is 1. The normalized spacial score (nSPS) is 12.3. The van der Waals surface area contributed by atoms with Crippen molar-refractivity contribution in [2.75, 3.05) is 12.8 Å². The zero-order chi connectivity index (χ0) is 14.4. The first-order chi connectivity index (χ1) is 9.67. The Hall–Kier alpha value is -1.45. The highest BCUT2D eigenvalue weighted by Gasteiger charge is 2.08. The SMILES string of the molecule is CNC(CSc1cccc(C)c1)Cc1ccc(O)cc1.